The van der Waals surface area contributed by atoms with E-state index in [-0.39, 0.29) is 5.41 Å². The van der Waals surface area contributed by atoms with Gasteiger partial charge in [0.2, 0.25) is 0 Å². The average molecular weight is 296 g/mol. The highest BCUT2D eigenvalue weighted by Crippen LogP contribution is 2.31. The van der Waals surface area contributed by atoms with E-state index in [1.807, 2.05) is 11.3 Å². The first-order valence-electron chi connectivity index (χ1n) is 7.82. The number of nitrogens with zero attached hydrogens (tertiary/aromatic N) is 1. The van der Waals surface area contributed by atoms with Crippen molar-refractivity contribution in [1.29, 1.82) is 0 Å². The summed E-state index contributed by atoms with van der Waals surface area (Å²) >= 11 is 1.87. The van der Waals surface area contributed by atoms with Crippen LogP contribution in [0.5, 0.6) is 0 Å². The topological polar surface area (TPSA) is 34.1 Å². The van der Waals surface area contributed by atoms with Gasteiger partial charge in [-0.1, -0.05) is 27.7 Å². The summed E-state index contributed by atoms with van der Waals surface area (Å²) in [6, 6.07) is 0. The van der Waals surface area contributed by atoms with Gasteiger partial charge in [-0.3, -0.25) is 0 Å². The summed E-state index contributed by atoms with van der Waals surface area (Å²) in [5, 5.41) is 4.68. The van der Waals surface area contributed by atoms with Crippen LogP contribution in [0.2, 0.25) is 0 Å². The zero-order valence-electron chi connectivity index (χ0n) is 13.3. The third-order valence-electron chi connectivity index (χ3n) is 3.66. The molecule has 1 aliphatic rings. The molecule has 1 atom stereocenters. The molecule has 2 heterocycles. The van der Waals surface area contributed by atoms with Crippen LogP contribution in [-0.4, -0.2) is 24.2 Å². The van der Waals surface area contributed by atoms with Crippen molar-refractivity contribution >= 4 is 11.3 Å². The minimum absolute atomic E-state index is 0.118. The molecule has 0 saturated carbocycles. The van der Waals surface area contributed by atoms with Gasteiger partial charge in [0.1, 0.15) is 0 Å². The minimum atomic E-state index is 0.118. The lowest BCUT2D eigenvalue weighted by atomic mass is 9.91. The highest BCUT2D eigenvalue weighted by atomic mass is 32.1. The Labute approximate surface area is 127 Å². The molecule has 1 aromatic heterocycles. The van der Waals surface area contributed by atoms with Gasteiger partial charge in [-0.2, -0.15) is 0 Å². The Bertz CT molecular complexity index is 417. The van der Waals surface area contributed by atoms with Crippen LogP contribution < -0.4 is 5.32 Å². The van der Waals surface area contributed by atoms with Gasteiger partial charge in [0.25, 0.3) is 0 Å². The number of hydrogen-bond donors (Lipinski definition) is 1. The molecule has 1 saturated heterocycles. The van der Waals surface area contributed by atoms with Crippen molar-refractivity contribution in [3.05, 3.63) is 15.6 Å². The first kappa shape index (κ1) is 15.9. The summed E-state index contributed by atoms with van der Waals surface area (Å²) in [5.41, 5.74) is 1.38. The largest absolute Gasteiger partial charge is 0.378 e. The molecule has 0 bridgehead atoms. The molecule has 3 nitrogen and oxygen atoms in total. The monoisotopic (exact) mass is 296 g/mol. The molecule has 2 rings (SSSR count). The van der Waals surface area contributed by atoms with Gasteiger partial charge in [0.15, 0.2) is 0 Å². The molecule has 1 aliphatic heterocycles. The second kappa shape index (κ2) is 7.01. The molecule has 0 amide bonds. The van der Waals surface area contributed by atoms with Gasteiger partial charge >= 0.3 is 0 Å². The quantitative estimate of drug-likeness (QED) is 0.900. The maximum atomic E-state index is 5.85. The average Bonchev–Trinajstić information content (AvgIpc) is 2.80. The first-order valence-corrected chi connectivity index (χ1v) is 8.63. The zero-order valence-corrected chi connectivity index (χ0v) is 14.1. The lowest BCUT2D eigenvalue weighted by Gasteiger charge is -2.21. The van der Waals surface area contributed by atoms with Crippen molar-refractivity contribution in [3.8, 4) is 0 Å². The van der Waals surface area contributed by atoms with Crippen LogP contribution in [0, 0.1) is 0 Å². The predicted molar refractivity (Wildman–Crippen MR) is 85.5 cm³/mol. The van der Waals surface area contributed by atoms with E-state index in [0.717, 1.165) is 26.1 Å². The SMILES string of the molecule is CCNCc1sc(CC2CCCCO2)nc1C(C)(C)C. The highest BCUT2D eigenvalue weighted by Gasteiger charge is 2.24. The lowest BCUT2D eigenvalue weighted by Crippen LogP contribution is -2.21. The third-order valence-corrected chi connectivity index (χ3v) is 4.74. The van der Waals surface area contributed by atoms with Crippen LogP contribution in [0.1, 0.15) is 62.5 Å². The van der Waals surface area contributed by atoms with E-state index in [2.05, 4.69) is 33.0 Å². The number of aromatic nitrogens is 1. The fraction of sp³-hybridized carbons (Fsp3) is 0.812. The first-order chi connectivity index (χ1) is 9.50. The Morgan fingerprint density at radius 2 is 2.15 bits per heavy atom. The standard InChI is InChI=1S/C16H28N2OS/c1-5-17-11-13-15(16(2,3)4)18-14(20-13)10-12-8-6-7-9-19-12/h12,17H,5-11H2,1-4H3. The number of thiazole rings is 1. The van der Waals surface area contributed by atoms with Crippen LogP contribution in [-0.2, 0) is 23.1 Å². The van der Waals surface area contributed by atoms with E-state index in [9.17, 15) is 0 Å². The van der Waals surface area contributed by atoms with Crippen molar-refractivity contribution in [3.63, 3.8) is 0 Å². The molecule has 20 heavy (non-hydrogen) atoms. The van der Waals surface area contributed by atoms with E-state index in [0.29, 0.717) is 6.10 Å². The summed E-state index contributed by atoms with van der Waals surface area (Å²) in [6.45, 7) is 11.8. The van der Waals surface area contributed by atoms with E-state index in [1.54, 1.807) is 0 Å². The maximum Gasteiger partial charge on any atom is 0.0957 e. The number of nitrogens with one attached hydrogen (secondary N) is 1. The van der Waals surface area contributed by atoms with Gasteiger partial charge in [-0.15, -0.1) is 11.3 Å². The zero-order chi connectivity index (χ0) is 14.6. The molecule has 0 aliphatic carbocycles. The molecule has 4 heteroatoms. The normalized spacial score (nSPS) is 20.3. The minimum Gasteiger partial charge on any atom is -0.378 e. The predicted octanol–water partition coefficient (Wildman–Crippen LogP) is 3.66. The fourth-order valence-electron chi connectivity index (χ4n) is 2.60. The van der Waals surface area contributed by atoms with E-state index in [4.69, 9.17) is 9.72 Å². The van der Waals surface area contributed by atoms with Crippen molar-refractivity contribution < 1.29 is 4.74 Å². The van der Waals surface area contributed by atoms with Crippen molar-refractivity contribution in [2.75, 3.05) is 13.2 Å². The number of ether oxygens (including phenoxy) is 1. The summed E-state index contributed by atoms with van der Waals surface area (Å²) in [5.74, 6) is 0. The summed E-state index contributed by atoms with van der Waals surface area (Å²) in [4.78, 5) is 6.32. The summed E-state index contributed by atoms with van der Waals surface area (Å²) in [6.07, 6.45) is 5.07. The van der Waals surface area contributed by atoms with Gasteiger partial charge in [0.05, 0.1) is 16.8 Å². The summed E-state index contributed by atoms with van der Waals surface area (Å²) in [7, 11) is 0. The molecule has 0 spiro atoms. The Balaban J connectivity index is 2.10. The van der Waals surface area contributed by atoms with Gasteiger partial charge in [-0.05, 0) is 25.8 Å². The van der Waals surface area contributed by atoms with Crippen molar-refractivity contribution in [1.82, 2.24) is 10.3 Å². The van der Waals surface area contributed by atoms with E-state index in [1.165, 1.54) is 34.8 Å². The van der Waals surface area contributed by atoms with Crippen molar-refractivity contribution in [2.24, 2.45) is 0 Å². The third kappa shape index (κ3) is 4.27. The number of rotatable bonds is 5. The van der Waals surface area contributed by atoms with Crippen LogP contribution in [0.15, 0.2) is 0 Å². The maximum absolute atomic E-state index is 5.85. The van der Waals surface area contributed by atoms with Crippen LogP contribution in [0.25, 0.3) is 0 Å². The van der Waals surface area contributed by atoms with Crippen LogP contribution >= 0.6 is 11.3 Å². The Kier molecular flexibility index (Phi) is 5.58. The Morgan fingerprint density at radius 1 is 1.35 bits per heavy atom. The fourth-order valence-corrected chi connectivity index (χ4v) is 3.91. The molecule has 1 fully saturated rings. The lowest BCUT2D eigenvalue weighted by molar-refractivity contribution is 0.0167. The van der Waals surface area contributed by atoms with Gasteiger partial charge in [-0.25, -0.2) is 4.98 Å². The van der Waals surface area contributed by atoms with E-state index >= 15 is 0 Å². The smallest absolute Gasteiger partial charge is 0.0957 e. The molecule has 1 unspecified atom stereocenters. The van der Waals surface area contributed by atoms with Crippen LogP contribution in [0.4, 0.5) is 0 Å². The molecule has 1 aromatic rings. The number of hydrogen-bond acceptors (Lipinski definition) is 4. The molecule has 0 radical (unpaired) electrons. The Morgan fingerprint density at radius 3 is 2.75 bits per heavy atom. The molecule has 1 N–H and O–H groups in total. The molecule has 0 aromatic carbocycles. The second-order valence-corrected chi connectivity index (χ2v) is 7.77. The Hall–Kier alpha value is -0.450. The molecular formula is C16H28N2OS. The van der Waals surface area contributed by atoms with Gasteiger partial charge < -0.3 is 10.1 Å². The van der Waals surface area contributed by atoms with E-state index < -0.39 is 0 Å². The van der Waals surface area contributed by atoms with Crippen molar-refractivity contribution in [2.45, 2.75) is 71.4 Å². The van der Waals surface area contributed by atoms with Gasteiger partial charge in [0, 0.05) is 29.9 Å². The van der Waals surface area contributed by atoms with Crippen LogP contribution in [0.3, 0.4) is 0 Å². The highest BCUT2D eigenvalue weighted by molar-refractivity contribution is 7.11. The summed E-state index contributed by atoms with van der Waals surface area (Å²) < 4.78 is 5.85. The molecule has 114 valence electrons. The second-order valence-electron chi connectivity index (χ2n) is 6.60. The molecular weight excluding hydrogens is 268 g/mol.